The largest absolute Gasteiger partial charge is 0.322 e. The van der Waals surface area contributed by atoms with E-state index in [2.05, 4.69) is 36.0 Å². The Morgan fingerprint density at radius 2 is 2.00 bits per heavy atom. The number of aromatic nitrogens is 7. The van der Waals surface area contributed by atoms with E-state index in [1.165, 1.54) is 32.9 Å². The van der Waals surface area contributed by atoms with Crippen LogP contribution >= 0.6 is 0 Å². The number of carbonyl (C=O) groups is 4. The molecule has 6 rings (SSSR count). The molecule has 1 fully saturated rings. The summed E-state index contributed by atoms with van der Waals surface area (Å²) in [7, 11) is 1.70. The molecule has 1 aromatic carbocycles. The van der Waals surface area contributed by atoms with Gasteiger partial charge in [-0.15, -0.1) is 5.10 Å². The molecular weight excluding hydrogens is 468 g/mol. The van der Waals surface area contributed by atoms with Gasteiger partial charge in [0.15, 0.2) is 22.7 Å². The molecule has 0 bridgehead atoms. The number of benzene rings is 1. The van der Waals surface area contributed by atoms with Crippen molar-refractivity contribution >= 4 is 40.6 Å². The molecule has 0 aliphatic carbocycles. The van der Waals surface area contributed by atoms with Crippen LogP contribution in [-0.4, -0.2) is 69.3 Å². The number of fused-ring (bicyclic) bond motifs is 2. The summed E-state index contributed by atoms with van der Waals surface area (Å²) < 4.78 is 2.93. The van der Waals surface area contributed by atoms with Crippen molar-refractivity contribution in [2.45, 2.75) is 25.4 Å². The van der Waals surface area contributed by atoms with Gasteiger partial charge in [-0.3, -0.25) is 24.5 Å². The summed E-state index contributed by atoms with van der Waals surface area (Å²) in [5, 5.41) is 17.2. The van der Waals surface area contributed by atoms with E-state index in [1.54, 1.807) is 25.2 Å². The fraction of sp³-hybridized carbons (Fsp3) is 0.227. The zero-order chi connectivity index (χ0) is 25.0. The molecule has 36 heavy (non-hydrogen) atoms. The Morgan fingerprint density at radius 1 is 1.17 bits per heavy atom. The molecule has 14 nitrogen and oxygen atoms in total. The van der Waals surface area contributed by atoms with Crippen LogP contribution in [0, 0.1) is 0 Å². The average Bonchev–Trinajstić information content (AvgIpc) is 3.56. The number of anilines is 1. The van der Waals surface area contributed by atoms with Crippen LogP contribution in [0.3, 0.4) is 0 Å². The highest BCUT2D eigenvalue weighted by atomic mass is 16.2. The number of rotatable bonds is 4. The molecule has 2 aliphatic rings. The highest BCUT2D eigenvalue weighted by Gasteiger charge is 2.39. The summed E-state index contributed by atoms with van der Waals surface area (Å²) in [6, 6.07) is 4.40. The maximum absolute atomic E-state index is 12.9. The van der Waals surface area contributed by atoms with Crippen LogP contribution < -0.4 is 10.6 Å². The molecule has 180 valence electrons. The van der Waals surface area contributed by atoms with Crippen LogP contribution in [0.1, 0.15) is 39.3 Å². The molecule has 1 saturated heterocycles. The minimum absolute atomic E-state index is 0.0550. The van der Waals surface area contributed by atoms with Crippen LogP contribution in [0.15, 0.2) is 36.8 Å². The van der Waals surface area contributed by atoms with Gasteiger partial charge in [-0.2, -0.15) is 5.10 Å². The van der Waals surface area contributed by atoms with Gasteiger partial charge < -0.3 is 10.2 Å². The summed E-state index contributed by atoms with van der Waals surface area (Å²) in [4.78, 5) is 59.2. The standard InChI is InChI=1S/C22H18N10O4/c1-30-19-17(23-6-7-24-19)18(28-30)26-20(34)14-10-32(29-27-14)12-2-3-13-11(8-12)9-31(22(13)36)15-4-5-16(33)25-21(15)35/h2-3,6-8,10,15H,4-5,9H2,1H3,(H,25,33,35)(H,26,28,34). The van der Waals surface area contributed by atoms with E-state index in [4.69, 9.17) is 0 Å². The summed E-state index contributed by atoms with van der Waals surface area (Å²) in [6.07, 6.45) is 4.98. The van der Waals surface area contributed by atoms with E-state index in [0.29, 0.717) is 28.0 Å². The molecule has 2 N–H and O–H groups in total. The Balaban J connectivity index is 1.21. The second-order valence-electron chi connectivity index (χ2n) is 8.44. The number of piperidine rings is 1. The van der Waals surface area contributed by atoms with Crippen molar-refractivity contribution in [1.29, 1.82) is 0 Å². The van der Waals surface area contributed by atoms with E-state index in [-0.39, 0.29) is 42.7 Å². The van der Waals surface area contributed by atoms with E-state index in [0.717, 1.165) is 0 Å². The van der Waals surface area contributed by atoms with Gasteiger partial charge in [0.2, 0.25) is 11.8 Å². The molecular formula is C22H18N10O4. The van der Waals surface area contributed by atoms with Crippen molar-refractivity contribution in [2.75, 3.05) is 5.32 Å². The van der Waals surface area contributed by atoms with Gasteiger partial charge >= 0.3 is 0 Å². The Labute approximate surface area is 202 Å². The molecule has 2 aliphatic heterocycles. The molecule has 5 heterocycles. The van der Waals surface area contributed by atoms with Crippen molar-refractivity contribution in [2.24, 2.45) is 7.05 Å². The number of carbonyl (C=O) groups excluding carboxylic acids is 4. The highest BCUT2D eigenvalue weighted by Crippen LogP contribution is 2.29. The number of imide groups is 1. The lowest BCUT2D eigenvalue weighted by molar-refractivity contribution is -0.136. The summed E-state index contributed by atoms with van der Waals surface area (Å²) in [6.45, 7) is 0.226. The SMILES string of the molecule is Cn1nc(NC(=O)c2cn(-c3ccc4c(c3)CN(C3CCC(=O)NC3=O)C4=O)nn2)c2nccnc21. The van der Waals surface area contributed by atoms with Crippen LogP contribution in [0.2, 0.25) is 0 Å². The van der Waals surface area contributed by atoms with Crippen LogP contribution in [0.4, 0.5) is 5.82 Å². The number of nitrogens with zero attached hydrogens (tertiary/aromatic N) is 8. The Hall–Kier alpha value is -5.01. The van der Waals surface area contributed by atoms with E-state index in [9.17, 15) is 19.2 Å². The first kappa shape index (κ1) is 21.5. The monoisotopic (exact) mass is 486 g/mol. The van der Waals surface area contributed by atoms with Crippen molar-refractivity contribution in [3.05, 3.63) is 53.6 Å². The second-order valence-corrected chi connectivity index (χ2v) is 8.44. The van der Waals surface area contributed by atoms with Gasteiger partial charge in [0, 0.05) is 38.0 Å². The summed E-state index contributed by atoms with van der Waals surface area (Å²) in [5.74, 6) is -1.34. The molecule has 3 aromatic heterocycles. The van der Waals surface area contributed by atoms with E-state index < -0.39 is 17.9 Å². The Kier molecular flexibility index (Phi) is 4.81. The first-order valence-corrected chi connectivity index (χ1v) is 11.0. The lowest BCUT2D eigenvalue weighted by Crippen LogP contribution is -2.52. The Bertz CT molecular complexity index is 1590. The number of hydrogen-bond acceptors (Lipinski definition) is 9. The molecule has 0 saturated carbocycles. The zero-order valence-corrected chi connectivity index (χ0v) is 18.9. The predicted molar refractivity (Wildman–Crippen MR) is 122 cm³/mol. The van der Waals surface area contributed by atoms with Gasteiger partial charge in [-0.1, -0.05) is 5.21 Å². The minimum Gasteiger partial charge on any atom is -0.322 e. The summed E-state index contributed by atoms with van der Waals surface area (Å²) in [5.41, 5.74) is 2.80. The van der Waals surface area contributed by atoms with Crippen molar-refractivity contribution < 1.29 is 19.2 Å². The molecule has 14 heteroatoms. The van der Waals surface area contributed by atoms with Crippen molar-refractivity contribution in [3.8, 4) is 5.69 Å². The summed E-state index contributed by atoms with van der Waals surface area (Å²) >= 11 is 0. The fourth-order valence-corrected chi connectivity index (χ4v) is 4.43. The van der Waals surface area contributed by atoms with E-state index in [1.807, 2.05) is 0 Å². The smallest absolute Gasteiger partial charge is 0.279 e. The highest BCUT2D eigenvalue weighted by molar-refractivity contribution is 6.06. The normalized spacial score (nSPS) is 17.4. The van der Waals surface area contributed by atoms with Gasteiger partial charge in [0.25, 0.3) is 11.8 Å². The lowest BCUT2D eigenvalue weighted by atomic mass is 10.0. The maximum Gasteiger partial charge on any atom is 0.279 e. The van der Waals surface area contributed by atoms with Crippen LogP contribution in [0.5, 0.6) is 0 Å². The Morgan fingerprint density at radius 3 is 2.83 bits per heavy atom. The van der Waals surface area contributed by atoms with E-state index >= 15 is 0 Å². The maximum atomic E-state index is 12.9. The third-order valence-electron chi connectivity index (χ3n) is 6.19. The number of amides is 4. The quantitative estimate of drug-likeness (QED) is 0.376. The molecule has 4 aromatic rings. The molecule has 0 spiro atoms. The number of nitrogens with one attached hydrogen (secondary N) is 2. The first-order valence-electron chi connectivity index (χ1n) is 11.0. The number of hydrogen-bond donors (Lipinski definition) is 2. The molecule has 1 unspecified atom stereocenters. The average molecular weight is 486 g/mol. The lowest BCUT2D eigenvalue weighted by Gasteiger charge is -2.29. The second kappa shape index (κ2) is 8.04. The van der Waals surface area contributed by atoms with Crippen LogP contribution in [-0.2, 0) is 23.2 Å². The van der Waals surface area contributed by atoms with Crippen molar-refractivity contribution in [3.63, 3.8) is 0 Å². The van der Waals surface area contributed by atoms with Gasteiger partial charge in [-0.05, 0) is 30.2 Å². The molecule has 0 radical (unpaired) electrons. The molecule has 4 amide bonds. The number of aryl methyl sites for hydroxylation is 1. The van der Waals surface area contributed by atoms with Gasteiger partial charge in [-0.25, -0.2) is 19.3 Å². The topological polar surface area (TPSA) is 170 Å². The van der Waals surface area contributed by atoms with Crippen LogP contribution in [0.25, 0.3) is 16.9 Å². The van der Waals surface area contributed by atoms with Crippen molar-refractivity contribution in [1.82, 2.24) is 45.0 Å². The fourth-order valence-electron chi connectivity index (χ4n) is 4.43. The third kappa shape index (κ3) is 3.46. The third-order valence-corrected chi connectivity index (χ3v) is 6.19. The molecule has 1 atom stereocenters. The zero-order valence-electron chi connectivity index (χ0n) is 18.9. The van der Waals surface area contributed by atoms with Gasteiger partial charge in [0.1, 0.15) is 6.04 Å². The predicted octanol–water partition coefficient (Wildman–Crippen LogP) is -0.0427. The van der Waals surface area contributed by atoms with Gasteiger partial charge in [0.05, 0.1) is 11.9 Å². The minimum atomic E-state index is -0.694. The first-order chi connectivity index (χ1) is 17.4.